The van der Waals surface area contributed by atoms with Crippen LogP contribution in [0.15, 0.2) is 30.3 Å². The number of ether oxygens (including phenoxy) is 2. The molecule has 0 saturated carbocycles. The zero-order chi connectivity index (χ0) is 22.9. The molecule has 6 heteroatoms. The van der Waals surface area contributed by atoms with E-state index >= 15 is 0 Å². The smallest absolute Gasteiger partial charge is 0.408 e. The first-order valence-electron chi connectivity index (χ1n) is 10.6. The van der Waals surface area contributed by atoms with E-state index in [0.717, 1.165) is 5.56 Å². The quantitative estimate of drug-likeness (QED) is 0.431. The van der Waals surface area contributed by atoms with Crippen molar-refractivity contribution < 1.29 is 23.9 Å². The number of carbonyl (C=O) groups excluding carboxylic acids is 3. The van der Waals surface area contributed by atoms with Crippen molar-refractivity contribution >= 4 is 17.8 Å². The summed E-state index contributed by atoms with van der Waals surface area (Å²) < 4.78 is 10.8. The average Bonchev–Trinajstić information content (AvgIpc) is 2.62. The van der Waals surface area contributed by atoms with Crippen LogP contribution in [-0.4, -0.2) is 29.5 Å². The van der Waals surface area contributed by atoms with Crippen LogP contribution in [0.25, 0.3) is 0 Å². The lowest BCUT2D eigenvalue weighted by Crippen LogP contribution is -2.48. The molecule has 0 aliphatic heterocycles. The highest BCUT2D eigenvalue weighted by atomic mass is 16.6. The maximum absolute atomic E-state index is 13.3. The predicted molar refractivity (Wildman–Crippen MR) is 117 cm³/mol. The van der Waals surface area contributed by atoms with Crippen LogP contribution < -0.4 is 5.32 Å². The van der Waals surface area contributed by atoms with Crippen molar-refractivity contribution in [2.24, 2.45) is 17.8 Å². The lowest BCUT2D eigenvalue weighted by Gasteiger charge is -2.26. The molecule has 1 rings (SSSR count). The Morgan fingerprint density at radius 1 is 0.933 bits per heavy atom. The Hall–Kier alpha value is -2.37. The van der Waals surface area contributed by atoms with Gasteiger partial charge in [0.2, 0.25) is 0 Å². The molecule has 168 valence electrons. The van der Waals surface area contributed by atoms with Gasteiger partial charge in [-0.25, -0.2) is 4.79 Å². The number of Topliss-reactive ketones (excluding diaryl/α,β-unsaturated/α-hetero) is 1. The largest absolute Gasteiger partial charge is 0.460 e. The number of hydrogen-bond acceptors (Lipinski definition) is 5. The SMILES string of the molecule is CC(C)CC(C(=O)OCc1ccccc1)C(=O)[C@H](CC(C)C)NC(=O)OC(C)(C)C. The number of ketones is 1. The van der Waals surface area contributed by atoms with E-state index in [1.807, 2.05) is 58.0 Å². The molecule has 1 aromatic rings. The molecule has 30 heavy (non-hydrogen) atoms. The van der Waals surface area contributed by atoms with E-state index in [1.165, 1.54) is 0 Å². The van der Waals surface area contributed by atoms with E-state index in [-0.39, 0.29) is 24.2 Å². The summed E-state index contributed by atoms with van der Waals surface area (Å²) in [5.41, 5.74) is 0.175. The van der Waals surface area contributed by atoms with Gasteiger partial charge in [-0.1, -0.05) is 58.0 Å². The van der Waals surface area contributed by atoms with Crippen molar-refractivity contribution in [2.45, 2.75) is 79.6 Å². The van der Waals surface area contributed by atoms with Crippen molar-refractivity contribution in [3.8, 4) is 0 Å². The summed E-state index contributed by atoms with van der Waals surface area (Å²) in [5.74, 6) is -1.57. The Morgan fingerprint density at radius 3 is 2.00 bits per heavy atom. The second-order valence-electron chi connectivity index (χ2n) is 9.51. The van der Waals surface area contributed by atoms with Gasteiger partial charge in [0.25, 0.3) is 0 Å². The summed E-state index contributed by atoms with van der Waals surface area (Å²) in [4.78, 5) is 38.4. The number of alkyl carbamates (subject to hydrolysis) is 1. The van der Waals surface area contributed by atoms with Gasteiger partial charge in [-0.2, -0.15) is 0 Å². The third-order valence-electron chi connectivity index (χ3n) is 4.30. The van der Waals surface area contributed by atoms with Crippen molar-refractivity contribution in [3.63, 3.8) is 0 Å². The number of amides is 1. The first kappa shape index (κ1) is 25.7. The summed E-state index contributed by atoms with van der Waals surface area (Å²) in [5, 5.41) is 2.67. The molecular weight excluding hydrogens is 382 g/mol. The Morgan fingerprint density at radius 2 is 1.50 bits per heavy atom. The normalized spacial score (nSPS) is 13.6. The molecule has 1 unspecified atom stereocenters. The number of carbonyl (C=O) groups is 3. The molecule has 0 spiro atoms. The number of rotatable bonds is 10. The lowest BCUT2D eigenvalue weighted by atomic mass is 9.87. The number of benzene rings is 1. The molecule has 0 bridgehead atoms. The molecule has 2 atom stereocenters. The van der Waals surface area contributed by atoms with Crippen molar-refractivity contribution in [3.05, 3.63) is 35.9 Å². The van der Waals surface area contributed by atoms with Gasteiger partial charge in [0, 0.05) is 0 Å². The maximum atomic E-state index is 13.3. The van der Waals surface area contributed by atoms with Crippen LogP contribution in [0, 0.1) is 17.8 Å². The highest BCUT2D eigenvalue weighted by Gasteiger charge is 2.36. The van der Waals surface area contributed by atoms with Gasteiger partial charge in [-0.3, -0.25) is 9.59 Å². The fraction of sp³-hybridized carbons (Fsp3) is 0.625. The highest BCUT2D eigenvalue weighted by molar-refractivity contribution is 6.02. The Balaban J connectivity index is 2.95. The first-order chi connectivity index (χ1) is 13.9. The lowest BCUT2D eigenvalue weighted by molar-refractivity contribution is -0.154. The van der Waals surface area contributed by atoms with Gasteiger partial charge in [0.1, 0.15) is 18.1 Å². The average molecular weight is 420 g/mol. The highest BCUT2D eigenvalue weighted by Crippen LogP contribution is 2.20. The van der Waals surface area contributed by atoms with E-state index in [0.29, 0.717) is 12.8 Å². The van der Waals surface area contributed by atoms with Crippen LogP contribution in [-0.2, 0) is 25.7 Å². The summed E-state index contributed by atoms with van der Waals surface area (Å²) in [6, 6.07) is 8.52. The molecule has 0 aliphatic rings. The van der Waals surface area contributed by atoms with Crippen LogP contribution >= 0.6 is 0 Å². The molecule has 1 N–H and O–H groups in total. The predicted octanol–water partition coefficient (Wildman–Crippen LogP) is 4.90. The molecular formula is C24H37NO5. The monoisotopic (exact) mass is 419 g/mol. The molecule has 0 fully saturated rings. The third kappa shape index (κ3) is 9.90. The minimum atomic E-state index is -0.938. The van der Waals surface area contributed by atoms with E-state index in [9.17, 15) is 14.4 Å². The number of nitrogens with one attached hydrogen (secondary N) is 1. The zero-order valence-electron chi connectivity index (χ0n) is 19.4. The third-order valence-corrected chi connectivity index (χ3v) is 4.30. The van der Waals surface area contributed by atoms with Crippen LogP contribution in [0.1, 0.15) is 66.9 Å². The van der Waals surface area contributed by atoms with Crippen molar-refractivity contribution in [1.82, 2.24) is 5.32 Å². The van der Waals surface area contributed by atoms with Crippen molar-refractivity contribution in [2.75, 3.05) is 0 Å². The summed E-state index contributed by atoms with van der Waals surface area (Å²) >= 11 is 0. The van der Waals surface area contributed by atoms with Crippen molar-refractivity contribution in [1.29, 1.82) is 0 Å². The topological polar surface area (TPSA) is 81.7 Å². The van der Waals surface area contributed by atoms with Crippen LogP contribution in [0.4, 0.5) is 4.79 Å². The Kier molecular flexibility index (Phi) is 10.0. The summed E-state index contributed by atoms with van der Waals surface area (Å²) in [6.45, 7) is 13.2. The summed E-state index contributed by atoms with van der Waals surface area (Å²) in [7, 11) is 0. The fourth-order valence-corrected chi connectivity index (χ4v) is 3.04. The fourth-order valence-electron chi connectivity index (χ4n) is 3.04. The van der Waals surface area contributed by atoms with E-state index in [4.69, 9.17) is 9.47 Å². The molecule has 0 radical (unpaired) electrons. The second-order valence-corrected chi connectivity index (χ2v) is 9.51. The molecule has 0 saturated heterocycles. The molecule has 0 aromatic heterocycles. The standard InChI is InChI=1S/C24H37NO5/c1-16(2)13-19(22(27)29-15-18-11-9-8-10-12-18)21(26)20(14-17(3)4)25-23(28)30-24(5,6)7/h8-12,16-17,19-20H,13-15H2,1-7H3,(H,25,28)/t19?,20-/m0/s1. The van der Waals surface area contributed by atoms with E-state index < -0.39 is 29.6 Å². The molecule has 1 aromatic carbocycles. The minimum absolute atomic E-state index is 0.107. The van der Waals surface area contributed by atoms with Crippen LogP contribution in [0.2, 0.25) is 0 Å². The van der Waals surface area contributed by atoms with E-state index in [1.54, 1.807) is 20.8 Å². The summed E-state index contributed by atoms with van der Waals surface area (Å²) in [6.07, 6.45) is 0.109. The zero-order valence-corrected chi connectivity index (χ0v) is 19.4. The number of esters is 1. The van der Waals surface area contributed by atoms with Gasteiger partial charge in [0.05, 0.1) is 6.04 Å². The maximum Gasteiger partial charge on any atom is 0.408 e. The molecule has 0 heterocycles. The van der Waals surface area contributed by atoms with Crippen LogP contribution in [0.5, 0.6) is 0 Å². The second kappa shape index (κ2) is 11.7. The Bertz CT molecular complexity index is 691. The Labute approximate surface area is 180 Å². The molecule has 1 amide bonds. The minimum Gasteiger partial charge on any atom is -0.460 e. The van der Waals surface area contributed by atoms with E-state index in [2.05, 4.69) is 5.32 Å². The first-order valence-corrected chi connectivity index (χ1v) is 10.6. The van der Waals surface area contributed by atoms with Gasteiger partial charge in [-0.15, -0.1) is 0 Å². The van der Waals surface area contributed by atoms with Gasteiger partial charge >= 0.3 is 12.1 Å². The van der Waals surface area contributed by atoms with Gasteiger partial charge < -0.3 is 14.8 Å². The molecule has 6 nitrogen and oxygen atoms in total. The van der Waals surface area contributed by atoms with Crippen LogP contribution in [0.3, 0.4) is 0 Å². The molecule has 0 aliphatic carbocycles. The van der Waals surface area contributed by atoms with Gasteiger partial charge in [0.15, 0.2) is 5.78 Å². The number of hydrogen-bond donors (Lipinski definition) is 1. The van der Waals surface area contributed by atoms with Gasteiger partial charge in [-0.05, 0) is 51.0 Å².